The lowest BCUT2D eigenvalue weighted by molar-refractivity contribution is -0.211. The molecule has 1 aromatic carbocycles. The minimum absolute atomic E-state index is 0.0694. The highest BCUT2D eigenvalue weighted by molar-refractivity contribution is 6.25. The summed E-state index contributed by atoms with van der Waals surface area (Å²) in [4.78, 5) is 40.5. The molecular formula is C31H34O8. The van der Waals surface area contributed by atoms with Crippen LogP contribution in [0.2, 0.25) is 0 Å². The Morgan fingerprint density at radius 3 is 2.28 bits per heavy atom. The van der Waals surface area contributed by atoms with Crippen LogP contribution >= 0.6 is 0 Å². The molecule has 8 nitrogen and oxygen atoms in total. The van der Waals surface area contributed by atoms with Crippen LogP contribution in [0, 0.1) is 22.7 Å². The number of aliphatic hydroxyl groups is 4. The summed E-state index contributed by atoms with van der Waals surface area (Å²) in [6.45, 7) is 9.27. The number of hydrogen-bond acceptors (Lipinski definition) is 8. The van der Waals surface area contributed by atoms with Crippen LogP contribution in [0.25, 0.3) is 5.57 Å². The molecule has 5 rings (SSSR count). The molecule has 0 aliphatic heterocycles. The molecule has 0 spiro atoms. The highest BCUT2D eigenvalue weighted by Gasteiger charge is 2.76. The predicted octanol–water partition coefficient (Wildman–Crippen LogP) is 4.22. The van der Waals surface area contributed by atoms with Crippen molar-refractivity contribution in [2.75, 3.05) is 0 Å². The number of phenols is 1. The third kappa shape index (κ3) is 2.93. The van der Waals surface area contributed by atoms with E-state index in [1.54, 1.807) is 33.8 Å². The van der Waals surface area contributed by atoms with Crippen LogP contribution in [0.15, 0.2) is 53.0 Å². The Hall–Kier alpha value is -3.49. The van der Waals surface area contributed by atoms with Crippen molar-refractivity contribution >= 4 is 22.9 Å². The van der Waals surface area contributed by atoms with Gasteiger partial charge in [-0.25, -0.2) is 0 Å². The largest absolute Gasteiger partial charge is 0.511 e. The number of phenolic OH excluding ortho intramolecular Hbond substituents is 1. The molecule has 0 aromatic heterocycles. The number of fused-ring (bicyclic) bond motifs is 3. The molecule has 0 fully saturated rings. The zero-order valence-corrected chi connectivity index (χ0v) is 22.9. The van der Waals surface area contributed by atoms with E-state index in [0.29, 0.717) is 17.5 Å². The molecule has 0 amide bonds. The van der Waals surface area contributed by atoms with Crippen LogP contribution in [-0.4, -0.2) is 54.6 Å². The topological polar surface area (TPSA) is 152 Å². The van der Waals surface area contributed by atoms with Crippen LogP contribution in [0.1, 0.15) is 75.4 Å². The van der Waals surface area contributed by atoms with Crippen molar-refractivity contribution in [3.8, 4) is 5.75 Å². The Bertz CT molecular complexity index is 1490. The van der Waals surface area contributed by atoms with Crippen molar-refractivity contribution in [3.63, 3.8) is 0 Å². The maximum Gasteiger partial charge on any atom is 0.209 e. The summed E-state index contributed by atoms with van der Waals surface area (Å²) in [6, 6.07) is 3.11. The number of Topliss-reactive ketones (excluding diaryl/α,β-unsaturated/α-hetero) is 3. The summed E-state index contributed by atoms with van der Waals surface area (Å²) in [5.41, 5.74) is -5.37. The molecule has 39 heavy (non-hydrogen) atoms. The zero-order chi connectivity index (χ0) is 29.0. The van der Waals surface area contributed by atoms with E-state index in [1.807, 2.05) is 18.2 Å². The van der Waals surface area contributed by atoms with Gasteiger partial charge in [-0.05, 0) is 47.9 Å². The molecule has 0 radical (unpaired) electrons. The standard InChI is InChI=1S/C31H34O8/c1-13(2)22-24(34)20(15(4)32)26(36)31(39)27(37)23-25(35)21-18(33)12-11-17(16-9-7-8-10-16)19(21)14(3)29(23,5)28(38)30(22,31)6/h7-9,11-14,22,28,33-34,37-39H,10H2,1-6H3/t14-,22?,28-,29+,30+,31+/m1/s1. The summed E-state index contributed by atoms with van der Waals surface area (Å²) in [5.74, 6) is -7.05. The lowest BCUT2D eigenvalue weighted by Gasteiger charge is -2.63. The molecule has 1 unspecified atom stereocenters. The fourth-order valence-electron chi connectivity index (χ4n) is 7.93. The van der Waals surface area contributed by atoms with Crippen LogP contribution in [0.4, 0.5) is 0 Å². The molecule has 4 aliphatic carbocycles. The SMILES string of the molecule is CC(=O)C1=C(O)C(C(C)C)[C@@]2(C)[C@H](O)[C@]3(C)C(=C(O)[C@@]2(O)C1=O)C(=O)c1c(O)ccc(C2=CC=CC2)c1[C@H]3C. The van der Waals surface area contributed by atoms with E-state index >= 15 is 0 Å². The van der Waals surface area contributed by atoms with Crippen molar-refractivity contribution < 1.29 is 39.9 Å². The number of hydrogen-bond donors (Lipinski definition) is 5. The summed E-state index contributed by atoms with van der Waals surface area (Å²) in [5, 5.41) is 58.4. The van der Waals surface area contributed by atoms with Gasteiger partial charge in [0.05, 0.1) is 17.2 Å². The molecule has 8 heteroatoms. The van der Waals surface area contributed by atoms with Crippen LogP contribution in [0.5, 0.6) is 5.75 Å². The average molecular weight is 535 g/mol. The van der Waals surface area contributed by atoms with Gasteiger partial charge in [0, 0.05) is 16.7 Å². The first kappa shape index (κ1) is 27.1. The predicted molar refractivity (Wildman–Crippen MR) is 143 cm³/mol. The van der Waals surface area contributed by atoms with Crippen LogP contribution < -0.4 is 0 Å². The maximum absolute atomic E-state index is 14.2. The van der Waals surface area contributed by atoms with Gasteiger partial charge in [-0.3, -0.25) is 14.4 Å². The number of ketones is 3. The van der Waals surface area contributed by atoms with Crippen LogP contribution in [-0.2, 0) is 9.59 Å². The number of carbonyl (C=O) groups excluding carboxylic acids is 3. The third-order valence-corrected chi connectivity index (χ3v) is 9.93. The van der Waals surface area contributed by atoms with Gasteiger partial charge in [0.25, 0.3) is 0 Å². The van der Waals surface area contributed by atoms with Gasteiger partial charge in [0.1, 0.15) is 22.8 Å². The second-order valence-electron chi connectivity index (χ2n) is 12.1. The van der Waals surface area contributed by atoms with Gasteiger partial charge in [0.2, 0.25) is 5.78 Å². The van der Waals surface area contributed by atoms with Gasteiger partial charge < -0.3 is 25.5 Å². The van der Waals surface area contributed by atoms with Crippen molar-refractivity contribution in [2.45, 2.75) is 65.6 Å². The molecule has 6 atom stereocenters. The monoisotopic (exact) mass is 534 g/mol. The van der Waals surface area contributed by atoms with E-state index in [1.165, 1.54) is 13.0 Å². The quantitative estimate of drug-likeness (QED) is 0.362. The van der Waals surface area contributed by atoms with Crippen molar-refractivity contribution in [1.82, 2.24) is 0 Å². The van der Waals surface area contributed by atoms with Crippen molar-refractivity contribution in [3.05, 3.63) is 69.7 Å². The highest BCUT2D eigenvalue weighted by atomic mass is 16.4. The van der Waals surface area contributed by atoms with E-state index in [4.69, 9.17) is 0 Å². The van der Waals surface area contributed by atoms with E-state index < -0.39 is 74.7 Å². The van der Waals surface area contributed by atoms with E-state index in [0.717, 1.165) is 12.5 Å². The minimum atomic E-state index is -2.89. The average Bonchev–Trinajstić information content (AvgIpc) is 3.39. The third-order valence-electron chi connectivity index (χ3n) is 9.93. The Morgan fingerprint density at radius 2 is 1.74 bits per heavy atom. The molecule has 4 aliphatic rings. The van der Waals surface area contributed by atoms with Gasteiger partial charge in [0.15, 0.2) is 17.2 Å². The Balaban J connectivity index is 1.90. The Labute approximate surface area is 226 Å². The molecule has 206 valence electrons. The van der Waals surface area contributed by atoms with Crippen LogP contribution in [0.3, 0.4) is 0 Å². The summed E-state index contributed by atoms with van der Waals surface area (Å²) in [6.07, 6.45) is 4.72. The smallest absolute Gasteiger partial charge is 0.209 e. The first-order chi connectivity index (χ1) is 18.1. The normalized spacial score (nSPS) is 35.7. The molecule has 1 aromatic rings. The fraction of sp³-hybridized carbons (Fsp3) is 0.452. The number of benzene rings is 1. The second-order valence-corrected chi connectivity index (χ2v) is 12.1. The number of carbonyl (C=O) groups is 3. The number of allylic oxidation sites excluding steroid dienone is 5. The molecule has 0 heterocycles. The van der Waals surface area contributed by atoms with Gasteiger partial charge in [-0.1, -0.05) is 58.9 Å². The number of rotatable bonds is 3. The Kier molecular flexibility index (Phi) is 5.74. The Morgan fingerprint density at radius 1 is 1.10 bits per heavy atom. The minimum Gasteiger partial charge on any atom is -0.511 e. The summed E-state index contributed by atoms with van der Waals surface area (Å²) >= 11 is 0. The van der Waals surface area contributed by atoms with E-state index in [-0.39, 0.29) is 16.9 Å². The summed E-state index contributed by atoms with van der Waals surface area (Å²) in [7, 11) is 0. The maximum atomic E-state index is 14.2. The lowest BCUT2D eigenvalue weighted by atomic mass is 9.41. The van der Waals surface area contributed by atoms with Gasteiger partial charge >= 0.3 is 0 Å². The lowest BCUT2D eigenvalue weighted by Crippen LogP contribution is -2.73. The van der Waals surface area contributed by atoms with E-state index in [2.05, 4.69) is 0 Å². The first-order valence-electron chi connectivity index (χ1n) is 13.2. The van der Waals surface area contributed by atoms with E-state index in [9.17, 15) is 39.9 Å². The molecule has 0 bridgehead atoms. The second kappa shape index (κ2) is 8.26. The van der Waals surface area contributed by atoms with Gasteiger partial charge in [-0.15, -0.1) is 0 Å². The fourth-order valence-corrected chi connectivity index (χ4v) is 7.93. The van der Waals surface area contributed by atoms with Crippen molar-refractivity contribution in [1.29, 1.82) is 0 Å². The highest BCUT2D eigenvalue weighted by Crippen LogP contribution is 2.68. The molecular weight excluding hydrogens is 500 g/mol. The molecule has 0 saturated heterocycles. The number of aromatic hydroxyl groups is 1. The number of aliphatic hydroxyl groups excluding tert-OH is 3. The zero-order valence-electron chi connectivity index (χ0n) is 22.9. The van der Waals surface area contributed by atoms with Gasteiger partial charge in [-0.2, -0.15) is 0 Å². The first-order valence-corrected chi connectivity index (χ1v) is 13.2. The van der Waals surface area contributed by atoms with Crippen molar-refractivity contribution in [2.24, 2.45) is 22.7 Å². The molecule has 0 saturated carbocycles. The summed E-state index contributed by atoms with van der Waals surface area (Å²) < 4.78 is 0. The molecule has 5 N–H and O–H groups in total.